The number of aryl methyl sites for hydroxylation is 1. The third-order valence-corrected chi connectivity index (χ3v) is 3.98. The summed E-state index contributed by atoms with van der Waals surface area (Å²) in [6.07, 6.45) is 5.25. The van der Waals surface area contributed by atoms with Gasteiger partial charge in [0.1, 0.15) is 0 Å². The number of anilines is 1. The van der Waals surface area contributed by atoms with Crippen LogP contribution in [0.25, 0.3) is 0 Å². The fraction of sp³-hybridized carbons (Fsp3) is 0.533. The first-order valence-electron chi connectivity index (χ1n) is 6.94. The van der Waals surface area contributed by atoms with Crippen LogP contribution in [0.4, 0.5) is 5.69 Å². The smallest absolute Gasteiger partial charge is 0.221 e. The van der Waals surface area contributed by atoms with E-state index in [2.05, 4.69) is 10.6 Å². The summed E-state index contributed by atoms with van der Waals surface area (Å²) >= 11 is 6.05. The van der Waals surface area contributed by atoms with Crippen LogP contribution < -0.4 is 10.6 Å². The molecule has 0 radical (unpaired) electrons. The number of carbonyl (C=O) groups is 1. The zero-order chi connectivity index (χ0) is 13.7. The summed E-state index contributed by atoms with van der Waals surface area (Å²) in [5, 5.41) is 7.05. The zero-order valence-corrected chi connectivity index (χ0v) is 12.1. The van der Waals surface area contributed by atoms with E-state index in [1.165, 1.54) is 12.8 Å². The zero-order valence-electron chi connectivity index (χ0n) is 11.3. The molecule has 0 spiro atoms. The first kappa shape index (κ1) is 14.2. The maximum absolute atomic E-state index is 11.7. The third-order valence-electron chi connectivity index (χ3n) is 3.57. The minimum absolute atomic E-state index is 0.137. The van der Waals surface area contributed by atoms with Crippen LogP contribution in [0.2, 0.25) is 5.02 Å². The van der Waals surface area contributed by atoms with Crippen LogP contribution in [-0.2, 0) is 4.79 Å². The normalized spacial score (nSPS) is 15.5. The Labute approximate surface area is 119 Å². The molecule has 1 saturated carbocycles. The standard InChI is InChI=1S/C15H21ClN2O/c1-11-6-7-13(10-14(11)16)17-9-8-15(19)18-12-4-2-3-5-12/h6-7,10,12,17H,2-5,8-9H2,1H3,(H,18,19). The van der Waals surface area contributed by atoms with Crippen LogP contribution in [0.15, 0.2) is 18.2 Å². The van der Waals surface area contributed by atoms with Gasteiger partial charge in [0, 0.05) is 29.7 Å². The minimum atomic E-state index is 0.137. The predicted molar refractivity (Wildman–Crippen MR) is 79.7 cm³/mol. The summed E-state index contributed by atoms with van der Waals surface area (Å²) in [5.74, 6) is 0.137. The van der Waals surface area contributed by atoms with Gasteiger partial charge in [0.05, 0.1) is 0 Å². The van der Waals surface area contributed by atoms with Crippen molar-refractivity contribution in [2.75, 3.05) is 11.9 Å². The summed E-state index contributed by atoms with van der Waals surface area (Å²) in [5.41, 5.74) is 2.02. The number of benzene rings is 1. The van der Waals surface area contributed by atoms with E-state index in [0.717, 1.165) is 29.1 Å². The van der Waals surface area contributed by atoms with Gasteiger partial charge in [-0.3, -0.25) is 4.79 Å². The molecule has 0 saturated heterocycles. The lowest BCUT2D eigenvalue weighted by Crippen LogP contribution is -2.33. The molecule has 0 bridgehead atoms. The number of amides is 1. The van der Waals surface area contributed by atoms with Crippen molar-refractivity contribution in [2.45, 2.75) is 45.1 Å². The van der Waals surface area contributed by atoms with E-state index in [-0.39, 0.29) is 5.91 Å². The van der Waals surface area contributed by atoms with E-state index in [0.29, 0.717) is 19.0 Å². The predicted octanol–water partition coefficient (Wildman–Crippen LogP) is 3.51. The number of hydrogen-bond donors (Lipinski definition) is 2. The average molecular weight is 281 g/mol. The molecule has 0 aliphatic heterocycles. The molecule has 1 aliphatic rings. The summed E-state index contributed by atoms with van der Waals surface area (Å²) in [7, 11) is 0. The first-order valence-corrected chi connectivity index (χ1v) is 7.32. The van der Waals surface area contributed by atoms with Gasteiger partial charge in [0.25, 0.3) is 0 Å². The molecule has 1 aromatic carbocycles. The second-order valence-electron chi connectivity index (χ2n) is 5.19. The van der Waals surface area contributed by atoms with Crippen molar-refractivity contribution >= 4 is 23.2 Å². The van der Waals surface area contributed by atoms with E-state index in [1.54, 1.807) is 0 Å². The van der Waals surface area contributed by atoms with E-state index < -0.39 is 0 Å². The van der Waals surface area contributed by atoms with E-state index in [4.69, 9.17) is 11.6 Å². The topological polar surface area (TPSA) is 41.1 Å². The van der Waals surface area contributed by atoms with Crippen LogP contribution in [0.3, 0.4) is 0 Å². The molecule has 0 heterocycles. The van der Waals surface area contributed by atoms with Gasteiger partial charge in [0.15, 0.2) is 0 Å². The van der Waals surface area contributed by atoms with Gasteiger partial charge in [-0.05, 0) is 37.5 Å². The number of carbonyl (C=O) groups excluding carboxylic acids is 1. The Kier molecular flexibility index (Phi) is 5.08. The molecular formula is C15H21ClN2O. The Bertz CT molecular complexity index is 442. The Morgan fingerprint density at radius 1 is 1.37 bits per heavy atom. The van der Waals surface area contributed by atoms with Crippen LogP contribution >= 0.6 is 11.6 Å². The van der Waals surface area contributed by atoms with Crippen molar-refractivity contribution in [3.8, 4) is 0 Å². The van der Waals surface area contributed by atoms with Crippen molar-refractivity contribution in [1.82, 2.24) is 5.32 Å². The molecule has 2 N–H and O–H groups in total. The van der Waals surface area contributed by atoms with Crippen molar-refractivity contribution in [3.05, 3.63) is 28.8 Å². The van der Waals surface area contributed by atoms with Gasteiger partial charge in [-0.1, -0.05) is 30.5 Å². The fourth-order valence-corrected chi connectivity index (χ4v) is 2.57. The van der Waals surface area contributed by atoms with Gasteiger partial charge < -0.3 is 10.6 Å². The Morgan fingerprint density at radius 2 is 2.11 bits per heavy atom. The summed E-state index contributed by atoms with van der Waals surface area (Å²) in [6, 6.07) is 6.26. The molecule has 0 atom stereocenters. The molecule has 0 unspecified atom stereocenters. The molecule has 1 aliphatic carbocycles. The monoisotopic (exact) mass is 280 g/mol. The lowest BCUT2D eigenvalue weighted by Gasteiger charge is -2.12. The van der Waals surface area contributed by atoms with E-state index in [9.17, 15) is 4.79 Å². The van der Waals surface area contributed by atoms with Gasteiger partial charge in [-0.2, -0.15) is 0 Å². The maximum Gasteiger partial charge on any atom is 0.221 e. The SMILES string of the molecule is Cc1ccc(NCCC(=O)NC2CCCC2)cc1Cl. The van der Waals surface area contributed by atoms with Crippen molar-refractivity contribution in [3.63, 3.8) is 0 Å². The second-order valence-corrected chi connectivity index (χ2v) is 5.60. The summed E-state index contributed by atoms with van der Waals surface area (Å²) in [4.78, 5) is 11.7. The maximum atomic E-state index is 11.7. The van der Waals surface area contributed by atoms with Crippen LogP contribution in [-0.4, -0.2) is 18.5 Å². The second kappa shape index (κ2) is 6.80. The molecule has 104 valence electrons. The lowest BCUT2D eigenvalue weighted by atomic mass is 10.2. The van der Waals surface area contributed by atoms with Crippen molar-refractivity contribution in [1.29, 1.82) is 0 Å². The number of halogens is 1. The number of hydrogen-bond acceptors (Lipinski definition) is 2. The van der Waals surface area contributed by atoms with Crippen LogP contribution in [0, 0.1) is 6.92 Å². The van der Waals surface area contributed by atoms with Crippen LogP contribution in [0.5, 0.6) is 0 Å². The minimum Gasteiger partial charge on any atom is -0.384 e. The molecule has 0 aromatic heterocycles. The van der Waals surface area contributed by atoms with E-state index >= 15 is 0 Å². The number of nitrogens with one attached hydrogen (secondary N) is 2. The average Bonchev–Trinajstić information content (AvgIpc) is 2.86. The van der Waals surface area contributed by atoms with E-state index in [1.807, 2.05) is 25.1 Å². The Morgan fingerprint density at radius 3 is 2.79 bits per heavy atom. The third kappa shape index (κ3) is 4.43. The molecule has 1 aromatic rings. The molecule has 1 amide bonds. The molecule has 3 nitrogen and oxygen atoms in total. The Hall–Kier alpha value is -1.22. The lowest BCUT2D eigenvalue weighted by molar-refractivity contribution is -0.121. The highest BCUT2D eigenvalue weighted by molar-refractivity contribution is 6.31. The molecular weight excluding hydrogens is 260 g/mol. The first-order chi connectivity index (χ1) is 9.15. The molecule has 2 rings (SSSR count). The van der Waals surface area contributed by atoms with Gasteiger partial charge in [-0.15, -0.1) is 0 Å². The number of rotatable bonds is 5. The van der Waals surface area contributed by atoms with Gasteiger partial charge in [-0.25, -0.2) is 0 Å². The largest absolute Gasteiger partial charge is 0.384 e. The molecule has 19 heavy (non-hydrogen) atoms. The highest BCUT2D eigenvalue weighted by atomic mass is 35.5. The van der Waals surface area contributed by atoms with Crippen molar-refractivity contribution < 1.29 is 4.79 Å². The molecule has 1 fully saturated rings. The highest BCUT2D eigenvalue weighted by Gasteiger charge is 2.16. The Balaban J connectivity index is 1.70. The van der Waals surface area contributed by atoms with Gasteiger partial charge >= 0.3 is 0 Å². The highest BCUT2D eigenvalue weighted by Crippen LogP contribution is 2.20. The fourth-order valence-electron chi connectivity index (χ4n) is 2.39. The summed E-state index contributed by atoms with van der Waals surface area (Å²) in [6.45, 7) is 2.61. The molecule has 4 heteroatoms. The van der Waals surface area contributed by atoms with Gasteiger partial charge in [0.2, 0.25) is 5.91 Å². The quantitative estimate of drug-likeness (QED) is 0.867. The van der Waals surface area contributed by atoms with Crippen LogP contribution in [0.1, 0.15) is 37.7 Å². The summed E-state index contributed by atoms with van der Waals surface area (Å²) < 4.78 is 0. The van der Waals surface area contributed by atoms with Crippen molar-refractivity contribution in [2.24, 2.45) is 0 Å².